The standard InChI is InChI=1S/C11H16N2O2/c1-4-13(8-10(14)15-3)11-9(2)6-5-7-12-11/h5-7H,4,8H2,1-3H3. The molecule has 0 saturated heterocycles. The summed E-state index contributed by atoms with van der Waals surface area (Å²) in [5, 5.41) is 0. The molecule has 0 fully saturated rings. The predicted octanol–water partition coefficient (Wildman–Crippen LogP) is 1.39. The van der Waals surface area contributed by atoms with Crippen LogP contribution in [0.2, 0.25) is 0 Å². The highest BCUT2D eigenvalue weighted by Gasteiger charge is 2.12. The summed E-state index contributed by atoms with van der Waals surface area (Å²) in [5.74, 6) is 0.590. The quantitative estimate of drug-likeness (QED) is 0.701. The van der Waals surface area contributed by atoms with E-state index in [1.165, 1.54) is 7.11 Å². The predicted molar refractivity (Wildman–Crippen MR) is 58.9 cm³/mol. The second-order valence-electron chi connectivity index (χ2n) is 3.23. The molecule has 15 heavy (non-hydrogen) atoms. The van der Waals surface area contributed by atoms with Crippen molar-refractivity contribution in [2.75, 3.05) is 25.1 Å². The first-order valence-corrected chi connectivity index (χ1v) is 4.92. The number of pyridine rings is 1. The molecule has 0 amide bonds. The van der Waals surface area contributed by atoms with Gasteiger partial charge in [-0.15, -0.1) is 0 Å². The maximum Gasteiger partial charge on any atom is 0.325 e. The zero-order chi connectivity index (χ0) is 11.3. The van der Waals surface area contributed by atoms with E-state index in [4.69, 9.17) is 0 Å². The largest absolute Gasteiger partial charge is 0.468 e. The zero-order valence-corrected chi connectivity index (χ0v) is 9.36. The molecule has 1 aromatic rings. The van der Waals surface area contributed by atoms with Gasteiger partial charge in [0, 0.05) is 12.7 Å². The Morgan fingerprint density at radius 3 is 2.87 bits per heavy atom. The third-order valence-corrected chi connectivity index (χ3v) is 2.21. The molecule has 0 bridgehead atoms. The first-order valence-electron chi connectivity index (χ1n) is 4.92. The fraction of sp³-hybridized carbons (Fsp3) is 0.455. The molecule has 0 aliphatic rings. The van der Waals surface area contributed by atoms with Crippen LogP contribution in [0.25, 0.3) is 0 Å². The van der Waals surface area contributed by atoms with Gasteiger partial charge in [0.2, 0.25) is 0 Å². The molecule has 0 saturated carbocycles. The van der Waals surface area contributed by atoms with E-state index >= 15 is 0 Å². The number of esters is 1. The summed E-state index contributed by atoms with van der Waals surface area (Å²) in [4.78, 5) is 17.3. The van der Waals surface area contributed by atoms with E-state index < -0.39 is 0 Å². The van der Waals surface area contributed by atoms with Gasteiger partial charge in [0.1, 0.15) is 12.4 Å². The molecule has 1 rings (SSSR count). The molecular formula is C11H16N2O2. The maximum atomic E-state index is 11.2. The second kappa shape index (κ2) is 5.34. The summed E-state index contributed by atoms with van der Waals surface area (Å²) in [6.45, 7) is 4.93. The van der Waals surface area contributed by atoms with Crippen molar-refractivity contribution in [1.29, 1.82) is 0 Å². The minimum absolute atomic E-state index is 0.241. The number of hydrogen-bond acceptors (Lipinski definition) is 4. The van der Waals surface area contributed by atoms with E-state index in [1.807, 2.05) is 30.9 Å². The van der Waals surface area contributed by atoms with Crippen molar-refractivity contribution in [2.45, 2.75) is 13.8 Å². The van der Waals surface area contributed by atoms with E-state index in [0.29, 0.717) is 0 Å². The summed E-state index contributed by atoms with van der Waals surface area (Å²) in [5.41, 5.74) is 1.06. The fourth-order valence-corrected chi connectivity index (χ4v) is 1.37. The molecule has 0 N–H and O–H groups in total. The number of ether oxygens (including phenoxy) is 1. The molecule has 0 aliphatic heterocycles. The first-order chi connectivity index (χ1) is 7.19. The van der Waals surface area contributed by atoms with Gasteiger partial charge in [-0.2, -0.15) is 0 Å². The Balaban J connectivity index is 2.83. The van der Waals surface area contributed by atoms with Gasteiger partial charge < -0.3 is 9.64 Å². The van der Waals surface area contributed by atoms with Gasteiger partial charge in [-0.1, -0.05) is 6.07 Å². The van der Waals surface area contributed by atoms with E-state index in [-0.39, 0.29) is 12.5 Å². The van der Waals surface area contributed by atoms with Gasteiger partial charge in [-0.05, 0) is 25.5 Å². The van der Waals surface area contributed by atoms with Crippen LogP contribution in [0.1, 0.15) is 12.5 Å². The van der Waals surface area contributed by atoms with E-state index in [1.54, 1.807) is 6.20 Å². The molecule has 0 atom stereocenters. The van der Waals surface area contributed by atoms with E-state index in [2.05, 4.69) is 9.72 Å². The van der Waals surface area contributed by atoms with Crippen LogP contribution in [0.5, 0.6) is 0 Å². The van der Waals surface area contributed by atoms with Crippen LogP contribution in [0, 0.1) is 6.92 Å². The van der Waals surface area contributed by atoms with Gasteiger partial charge in [0.25, 0.3) is 0 Å². The lowest BCUT2D eigenvalue weighted by molar-refractivity contribution is -0.138. The SMILES string of the molecule is CCN(CC(=O)OC)c1ncccc1C. The minimum atomic E-state index is -0.248. The number of anilines is 1. The fourth-order valence-electron chi connectivity index (χ4n) is 1.37. The Kier molecular flexibility index (Phi) is 4.09. The van der Waals surface area contributed by atoms with E-state index in [0.717, 1.165) is 17.9 Å². The van der Waals surface area contributed by atoms with Gasteiger partial charge in [0.15, 0.2) is 0 Å². The normalized spacial score (nSPS) is 9.80. The molecule has 4 nitrogen and oxygen atoms in total. The van der Waals surface area contributed by atoms with Crippen LogP contribution in [0.3, 0.4) is 0 Å². The summed E-state index contributed by atoms with van der Waals surface area (Å²) in [6.07, 6.45) is 1.72. The topological polar surface area (TPSA) is 42.4 Å². The molecule has 0 radical (unpaired) electrons. The van der Waals surface area contributed by atoms with Crippen molar-refractivity contribution in [1.82, 2.24) is 4.98 Å². The number of aromatic nitrogens is 1. The smallest absolute Gasteiger partial charge is 0.325 e. The summed E-state index contributed by atoms with van der Waals surface area (Å²) in [6, 6.07) is 3.85. The highest BCUT2D eigenvalue weighted by atomic mass is 16.5. The number of carbonyl (C=O) groups excluding carboxylic acids is 1. The average Bonchev–Trinajstić information content (AvgIpc) is 2.26. The highest BCUT2D eigenvalue weighted by Crippen LogP contribution is 2.15. The van der Waals surface area contributed by atoms with Crippen molar-refractivity contribution in [3.8, 4) is 0 Å². The highest BCUT2D eigenvalue weighted by molar-refractivity contribution is 5.75. The molecule has 0 aliphatic carbocycles. The molecule has 0 spiro atoms. The molecule has 4 heteroatoms. The molecule has 82 valence electrons. The monoisotopic (exact) mass is 208 g/mol. The summed E-state index contributed by atoms with van der Waals surface area (Å²) < 4.78 is 4.64. The van der Waals surface area contributed by atoms with Crippen LogP contribution >= 0.6 is 0 Å². The third kappa shape index (κ3) is 2.94. The Hall–Kier alpha value is -1.58. The minimum Gasteiger partial charge on any atom is -0.468 e. The van der Waals surface area contributed by atoms with Crippen molar-refractivity contribution in [3.63, 3.8) is 0 Å². The third-order valence-electron chi connectivity index (χ3n) is 2.21. The number of likely N-dealkylation sites (N-methyl/N-ethyl adjacent to an activating group) is 1. The molecule has 1 heterocycles. The number of hydrogen-bond donors (Lipinski definition) is 0. The Labute approximate surface area is 89.9 Å². The lowest BCUT2D eigenvalue weighted by Gasteiger charge is -2.21. The number of carbonyl (C=O) groups is 1. The first kappa shape index (κ1) is 11.5. The lowest BCUT2D eigenvalue weighted by atomic mass is 10.2. The van der Waals surface area contributed by atoms with Crippen LogP contribution < -0.4 is 4.90 Å². The van der Waals surface area contributed by atoms with Crippen molar-refractivity contribution < 1.29 is 9.53 Å². The van der Waals surface area contributed by atoms with Gasteiger partial charge in [0.05, 0.1) is 7.11 Å². The summed E-state index contributed by atoms with van der Waals surface area (Å²) in [7, 11) is 1.39. The van der Waals surface area contributed by atoms with Gasteiger partial charge in [-0.3, -0.25) is 4.79 Å². The van der Waals surface area contributed by atoms with E-state index in [9.17, 15) is 4.79 Å². The Bertz CT molecular complexity index is 339. The average molecular weight is 208 g/mol. The summed E-state index contributed by atoms with van der Waals surface area (Å²) >= 11 is 0. The van der Waals surface area contributed by atoms with Gasteiger partial charge >= 0.3 is 5.97 Å². The maximum absolute atomic E-state index is 11.2. The van der Waals surface area contributed by atoms with Crippen LogP contribution in [0.15, 0.2) is 18.3 Å². The molecule has 0 aromatic carbocycles. The Morgan fingerprint density at radius 1 is 1.60 bits per heavy atom. The molecule has 0 unspecified atom stereocenters. The number of nitrogens with zero attached hydrogens (tertiary/aromatic N) is 2. The van der Waals surface area contributed by atoms with Crippen molar-refractivity contribution >= 4 is 11.8 Å². The number of rotatable bonds is 4. The zero-order valence-electron chi connectivity index (χ0n) is 9.36. The van der Waals surface area contributed by atoms with Crippen molar-refractivity contribution in [3.05, 3.63) is 23.9 Å². The van der Waals surface area contributed by atoms with Crippen LogP contribution in [-0.2, 0) is 9.53 Å². The molecule has 1 aromatic heterocycles. The lowest BCUT2D eigenvalue weighted by Crippen LogP contribution is -2.31. The van der Waals surface area contributed by atoms with Gasteiger partial charge in [-0.25, -0.2) is 4.98 Å². The van der Waals surface area contributed by atoms with Crippen LogP contribution in [-0.4, -0.2) is 31.2 Å². The van der Waals surface area contributed by atoms with Crippen molar-refractivity contribution in [2.24, 2.45) is 0 Å². The van der Waals surface area contributed by atoms with Crippen LogP contribution in [0.4, 0.5) is 5.82 Å². The Morgan fingerprint density at radius 2 is 2.33 bits per heavy atom. The number of aryl methyl sites for hydroxylation is 1. The number of methoxy groups -OCH3 is 1. The molecular weight excluding hydrogens is 192 g/mol. The second-order valence-corrected chi connectivity index (χ2v) is 3.23.